The van der Waals surface area contributed by atoms with Gasteiger partial charge >= 0.3 is 6.03 Å². The Bertz CT molecular complexity index is 865. The van der Waals surface area contributed by atoms with Gasteiger partial charge in [0.1, 0.15) is 18.2 Å². The Morgan fingerprint density at radius 3 is 2.64 bits per heavy atom. The molecule has 1 fully saturated rings. The smallest absolute Gasteiger partial charge is 0.325 e. The molecule has 0 radical (unpaired) electrons. The Hall–Kier alpha value is -2.88. The summed E-state index contributed by atoms with van der Waals surface area (Å²) in [4.78, 5) is 26.4. The van der Waals surface area contributed by atoms with Crippen molar-refractivity contribution < 1.29 is 19.1 Å². The SMILES string of the molecule is O=C(Nc1ccc2c(c1)OCCO2)Nc1nnc(CC(=O)N2CCCCC2)s1. The van der Waals surface area contributed by atoms with Gasteiger partial charge in [0, 0.05) is 24.8 Å². The molecule has 3 amide bonds. The van der Waals surface area contributed by atoms with Crippen molar-refractivity contribution >= 4 is 34.1 Å². The number of likely N-dealkylation sites (tertiary alicyclic amines) is 1. The number of nitrogens with one attached hydrogen (secondary N) is 2. The number of hydrogen-bond acceptors (Lipinski definition) is 7. The maximum atomic E-state index is 12.3. The summed E-state index contributed by atoms with van der Waals surface area (Å²) in [5.41, 5.74) is 0.576. The number of anilines is 2. The zero-order chi connectivity index (χ0) is 19.3. The van der Waals surface area contributed by atoms with E-state index in [9.17, 15) is 9.59 Å². The number of aromatic nitrogens is 2. The number of carbonyl (C=O) groups is 2. The number of fused-ring (bicyclic) bond motifs is 1. The average Bonchev–Trinajstić information content (AvgIpc) is 3.15. The van der Waals surface area contributed by atoms with Gasteiger partial charge in [-0.3, -0.25) is 10.1 Å². The van der Waals surface area contributed by atoms with Crippen molar-refractivity contribution in [3.05, 3.63) is 23.2 Å². The maximum absolute atomic E-state index is 12.3. The molecule has 0 saturated carbocycles. The molecule has 0 spiro atoms. The molecule has 28 heavy (non-hydrogen) atoms. The molecule has 3 heterocycles. The van der Waals surface area contributed by atoms with E-state index in [4.69, 9.17) is 9.47 Å². The van der Waals surface area contributed by atoms with Crippen LogP contribution in [-0.2, 0) is 11.2 Å². The summed E-state index contributed by atoms with van der Waals surface area (Å²) in [6.07, 6.45) is 3.49. The van der Waals surface area contributed by atoms with Gasteiger partial charge in [-0.1, -0.05) is 11.3 Å². The molecule has 2 N–H and O–H groups in total. The van der Waals surface area contributed by atoms with Crippen LogP contribution in [0.5, 0.6) is 11.5 Å². The number of ether oxygens (including phenoxy) is 2. The first-order valence-corrected chi connectivity index (χ1v) is 10.1. The lowest BCUT2D eigenvalue weighted by molar-refractivity contribution is -0.131. The molecule has 2 aliphatic rings. The molecule has 0 atom stereocenters. The first-order valence-electron chi connectivity index (χ1n) is 9.25. The summed E-state index contributed by atoms with van der Waals surface area (Å²) in [6, 6.07) is 4.74. The largest absolute Gasteiger partial charge is 0.486 e. The van der Waals surface area contributed by atoms with Gasteiger partial charge in [-0.2, -0.15) is 0 Å². The van der Waals surface area contributed by atoms with E-state index in [0.717, 1.165) is 25.9 Å². The van der Waals surface area contributed by atoms with Crippen LogP contribution in [0.1, 0.15) is 24.3 Å². The van der Waals surface area contributed by atoms with Crippen LogP contribution in [0, 0.1) is 0 Å². The van der Waals surface area contributed by atoms with Crippen LogP contribution in [0.2, 0.25) is 0 Å². The zero-order valence-corrected chi connectivity index (χ0v) is 16.1. The third-order valence-corrected chi connectivity index (χ3v) is 5.34. The van der Waals surface area contributed by atoms with E-state index in [2.05, 4.69) is 20.8 Å². The Labute approximate surface area is 166 Å². The molecular formula is C18H21N5O4S. The van der Waals surface area contributed by atoms with Crippen molar-refractivity contribution in [2.45, 2.75) is 25.7 Å². The lowest BCUT2D eigenvalue weighted by atomic mass is 10.1. The number of carbonyl (C=O) groups excluding carboxylic acids is 2. The molecule has 4 rings (SSSR count). The van der Waals surface area contributed by atoms with E-state index in [1.54, 1.807) is 18.2 Å². The standard InChI is InChI=1S/C18H21N5O4S/c24-16(23-6-2-1-3-7-23)11-15-21-22-18(28-15)20-17(25)19-12-4-5-13-14(10-12)27-9-8-26-13/h4-5,10H,1-3,6-9,11H2,(H2,19,20,22,25). The van der Waals surface area contributed by atoms with Gasteiger partial charge in [0.05, 0.1) is 6.42 Å². The van der Waals surface area contributed by atoms with Crippen molar-refractivity contribution in [3.8, 4) is 11.5 Å². The lowest BCUT2D eigenvalue weighted by Gasteiger charge is -2.26. The summed E-state index contributed by atoms with van der Waals surface area (Å²) in [5, 5.41) is 14.3. The number of nitrogens with zero attached hydrogens (tertiary/aromatic N) is 3. The van der Waals surface area contributed by atoms with Gasteiger partial charge < -0.3 is 19.7 Å². The number of urea groups is 1. The predicted octanol–water partition coefficient (Wildman–Crippen LogP) is 2.51. The number of rotatable bonds is 4. The minimum absolute atomic E-state index is 0.0585. The van der Waals surface area contributed by atoms with Crippen molar-refractivity contribution in [3.63, 3.8) is 0 Å². The van der Waals surface area contributed by atoms with Crippen LogP contribution in [0.25, 0.3) is 0 Å². The molecule has 148 valence electrons. The van der Waals surface area contributed by atoms with E-state index in [1.165, 1.54) is 17.8 Å². The normalized spacial score (nSPS) is 15.8. The molecule has 0 bridgehead atoms. The second-order valence-electron chi connectivity index (χ2n) is 6.56. The van der Waals surface area contributed by atoms with E-state index in [0.29, 0.717) is 40.5 Å². The molecular weight excluding hydrogens is 382 g/mol. The third kappa shape index (κ3) is 4.50. The minimum atomic E-state index is -0.443. The lowest BCUT2D eigenvalue weighted by Crippen LogP contribution is -2.36. The van der Waals surface area contributed by atoms with Crippen molar-refractivity contribution in [1.82, 2.24) is 15.1 Å². The highest BCUT2D eigenvalue weighted by molar-refractivity contribution is 7.15. The Morgan fingerprint density at radius 1 is 1.04 bits per heavy atom. The van der Waals surface area contributed by atoms with Gasteiger partial charge in [-0.25, -0.2) is 4.79 Å². The van der Waals surface area contributed by atoms with E-state index in [-0.39, 0.29) is 12.3 Å². The first kappa shape index (κ1) is 18.5. The van der Waals surface area contributed by atoms with Gasteiger partial charge in [-0.15, -0.1) is 10.2 Å². The average molecular weight is 403 g/mol. The van der Waals surface area contributed by atoms with E-state index in [1.807, 2.05) is 4.90 Å². The van der Waals surface area contributed by atoms with Gasteiger partial charge in [-0.05, 0) is 31.4 Å². The summed E-state index contributed by atoms with van der Waals surface area (Å²) >= 11 is 1.20. The first-order chi connectivity index (χ1) is 13.7. The molecule has 2 aromatic rings. The number of benzene rings is 1. The molecule has 0 aliphatic carbocycles. The highest BCUT2D eigenvalue weighted by Crippen LogP contribution is 2.32. The second kappa shape index (κ2) is 8.42. The number of piperidine rings is 1. The second-order valence-corrected chi connectivity index (χ2v) is 7.62. The van der Waals surface area contributed by atoms with Gasteiger partial charge in [0.2, 0.25) is 11.0 Å². The monoisotopic (exact) mass is 403 g/mol. The van der Waals surface area contributed by atoms with E-state index < -0.39 is 6.03 Å². The Kier molecular flexibility index (Phi) is 5.56. The van der Waals surface area contributed by atoms with Crippen LogP contribution in [0.3, 0.4) is 0 Å². The van der Waals surface area contributed by atoms with Gasteiger partial charge in [0.25, 0.3) is 0 Å². The molecule has 1 saturated heterocycles. The molecule has 1 aromatic carbocycles. The maximum Gasteiger partial charge on any atom is 0.325 e. The quantitative estimate of drug-likeness (QED) is 0.813. The summed E-state index contributed by atoms with van der Waals surface area (Å²) < 4.78 is 11.0. The highest BCUT2D eigenvalue weighted by Gasteiger charge is 2.19. The Morgan fingerprint density at radius 2 is 1.82 bits per heavy atom. The van der Waals surface area contributed by atoms with Crippen LogP contribution in [0.4, 0.5) is 15.6 Å². The number of hydrogen-bond donors (Lipinski definition) is 2. The Balaban J connectivity index is 1.31. The fraction of sp³-hybridized carbons (Fsp3) is 0.444. The fourth-order valence-electron chi connectivity index (χ4n) is 3.14. The van der Waals surface area contributed by atoms with Crippen molar-refractivity contribution in [1.29, 1.82) is 0 Å². The highest BCUT2D eigenvalue weighted by atomic mass is 32.1. The van der Waals surface area contributed by atoms with Crippen LogP contribution in [0.15, 0.2) is 18.2 Å². The van der Waals surface area contributed by atoms with Crippen molar-refractivity contribution in [2.75, 3.05) is 36.9 Å². The van der Waals surface area contributed by atoms with Crippen LogP contribution < -0.4 is 20.1 Å². The predicted molar refractivity (Wildman–Crippen MR) is 104 cm³/mol. The molecule has 10 heteroatoms. The van der Waals surface area contributed by atoms with Gasteiger partial charge in [0.15, 0.2) is 11.5 Å². The molecule has 0 unspecified atom stereocenters. The third-order valence-electron chi connectivity index (χ3n) is 4.50. The summed E-state index contributed by atoms with van der Waals surface area (Å²) in [5.74, 6) is 1.31. The molecule has 9 nitrogen and oxygen atoms in total. The number of amides is 3. The molecule has 2 aliphatic heterocycles. The zero-order valence-electron chi connectivity index (χ0n) is 15.3. The van der Waals surface area contributed by atoms with Crippen LogP contribution in [-0.4, -0.2) is 53.3 Å². The summed E-state index contributed by atoms with van der Waals surface area (Å²) in [6.45, 7) is 2.60. The van der Waals surface area contributed by atoms with Crippen molar-refractivity contribution in [2.24, 2.45) is 0 Å². The van der Waals surface area contributed by atoms with Crippen LogP contribution >= 0.6 is 11.3 Å². The molecule has 1 aromatic heterocycles. The fourth-order valence-corrected chi connectivity index (χ4v) is 3.87. The topological polar surface area (TPSA) is 106 Å². The van der Waals surface area contributed by atoms with E-state index >= 15 is 0 Å². The minimum Gasteiger partial charge on any atom is -0.486 e. The summed E-state index contributed by atoms with van der Waals surface area (Å²) in [7, 11) is 0.